The maximum absolute atomic E-state index is 11.8. The first-order valence-electron chi connectivity index (χ1n) is 5.45. The summed E-state index contributed by atoms with van der Waals surface area (Å²) in [4.78, 5) is 21.8. The summed E-state index contributed by atoms with van der Waals surface area (Å²) in [7, 11) is 0. The molecule has 1 aromatic heterocycles. The third-order valence-electron chi connectivity index (χ3n) is 2.79. The van der Waals surface area contributed by atoms with E-state index in [0.717, 1.165) is 13.0 Å². The second-order valence-corrected chi connectivity index (χ2v) is 4.60. The molecule has 7 heteroatoms. The van der Waals surface area contributed by atoms with Crippen LogP contribution in [-0.4, -0.2) is 35.0 Å². The quantitative estimate of drug-likeness (QED) is 0.832. The van der Waals surface area contributed by atoms with Gasteiger partial charge in [-0.2, -0.15) is 0 Å². The molecule has 0 radical (unpaired) electrons. The van der Waals surface area contributed by atoms with E-state index >= 15 is 0 Å². The van der Waals surface area contributed by atoms with Gasteiger partial charge in [0.05, 0.1) is 0 Å². The van der Waals surface area contributed by atoms with Crippen molar-refractivity contribution in [1.29, 1.82) is 0 Å². The fourth-order valence-electron chi connectivity index (χ4n) is 1.95. The van der Waals surface area contributed by atoms with Gasteiger partial charge in [0.1, 0.15) is 28.5 Å². The number of hydrogen-bond donors (Lipinski definition) is 2. The predicted molar refractivity (Wildman–Crippen MR) is 68.6 cm³/mol. The summed E-state index contributed by atoms with van der Waals surface area (Å²) in [6, 6.07) is -0.200. The van der Waals surface area contributed by atoms with Crippen molar-refractivity contribution in [3.8, 4) is 0 Å². The highest BCUT2D eigenvalue weighted by atomic mass is 79.9. The molecule has 0 aliphatic carbocycles. The molecule has 0 bridgehead atoms. The fraction of sp³-hybridized carbons (Fsp3) is 0.500. The molecule has 1 aliphatic rings. The predicted octanol–water partition coefficient (Wildman–Crippen LogP) is 0.536. The lowest BCUT2D eigenvalue weighted by Gasteiger charge is -2.35. The summed E-state index contributed by atoms with van der Waals surface area (Å²) < 4.78 is 0.646. The Bertz CT molecular complexity index is 439. The number of nitrogen functional groups attached to an aromatic ring is 1. The van der Waals surface area contributed by atoms with E-state index in [-0.39, 0.29) is 11.9 Å². The topological polar surface area (TPSA) is 84.1 Å². The van der Waals surface area contributed by atoms with E-state index in [0.29, 0.717) is 22.7 Å². The number of nitrogens with two attached hydrogens (primary N) is 1. The molecule has 1 unspecified atom stereocenters. The summed E-state index contributed by atoms with van der Waals surface area (Å²) in [5.74, 6) is 1.10. The second kappa shape index (κ2) is 4.87. The van der Waals surface area contributed by atoms with Crippen LogP contribution in [-0.2, 0) is 4.79 Å². The summed E-state index contributed by atoms with van der Waals surface area (Å²) in [6.07, 6.45) is 2.14. The summed E-state index contributed by atoms with van der Waals surface area (Å²) in [5.41, 5.74) is 5.72. The minimum Gasteiger partial charge on any atom is -0.383 e. The molecule has 6 nitrogen and oxygen atoms in total. The molecule has 1 aromatic rings. The minimum atomic E-state index is -0.200. The number of hydrogen-bond acceptors (Lipinski definition) is 5. The van der Waals surface area contributed by atoms with Crippen molar-refractivity contribution in [1.82, 2.24) is 15.3 Å². The van der Waals surface area contributed by atoms with Crippen LogP contribution in [0.1, 0.15) is 13.3 Å². The van der Waals surface area contributed by atoms with Crippen molar-refractivity contribution >= 4 is 33.5 Å². The Morgan fingerprint density at radius 1 is 1.65 bits per heavy atom. The molecule has 3 N–H and O–H groups in total. The Morgan fingerprint density at radius 2 is 2.41 bits per heavy atom. The van der Waals surface area contributed by atoms with Crippen molar-refractivity contribution in [3.05, 3.63) is 10.8 Å². The SMILES string of the molecule is CCC1C(=O)NCCN1c1ncnc(N)c1Br. The number of carbonyl (C=O) groups excluding carboxylic acids is 1. The van der Waals surface area contributed by atoms with E-state index < -0.39 is 0 Å². The van der Waals surface area contributed by atoms with Gasteiger partial charge in [0.2, 0.25) is 5.91 Å². The maximum atomic E-state index is 11.8. The molecule has 1 amide bonds. The van der Waals surface area contributed by atoms with Gasteiger partial charge in [-0.05, 0) is 22.4 Å². The van der Waals surface area contributed by atoms with Crippen LogP contribution in [0.4, 0.5) is 11.6 Å². The van der Waals surface area contributed by atoms with Crippen LogP contribution in [0.2, 0.25) is 0 Å². The van der Waals surface area contributed by atoms with Crippen molar-refractivity contribution < 1.29 is 4.79 Å². The molecule has 1 atom stereocenters. The monoisotopic (exact) mass is 299 g/mol. The molecule has 1 saturated heterocycles. The first kappa shape index (κ1) is 12.1. The molecular weight excluding hydrogens is 286 g/mol. The number of nitrogens with one attached hydrogen (secondary N) is 1. The van der Waals surface area contributed by atoms with Gasteiger partial charge < -0.3 is 16.0 Å². The smallest absolute Gasteiger partial charge is 0.242 e. The Hall–Kier alpha value is -1.37. The Labute approximate surface area is 108 Å². The lowest BCUT2D eigenvalue weighted by Crippen LogP contribution is -2.55. The molecule has 1 aliphatic heterocycles. The van der Waals surface area contributed by atoms with Gasteiger partial charge in [-0.25, -0.2) is 9.97 Å². The van der Waals surface area contributed by atoms with E-state index in [4.69, 9.17) is 5.73 Å². The van der Waals surface area contributed by atoms with E-state index in [2.05, 4.69) is 31.2 Å². The largest absolute Gasteiger partial charge is 0.383 e. The lowest BCUT2D eigenvalue weighted by atomic mass is 10.1. The van der Waals surface area contributed by atoms with Gasteiger partial charge >= 0.3 is 0 Å². The molecule has 0 spiro atoms. The summed E-state index contributed by atoms with van der Waals surface area (Å²) >= 11 is 3.37. The van der Waals surface area contributed by atoms with Gasteiger partial charge in [0, 0.05) is 13.1 Å². The normalized spacial score (nSPS) is 20.2. The highest BCUT2D eigenvalue weighted by Gasteiger charge is 2.30. The first-order valence-corrected chi connectivity index (χ1v) is 6.24. The number of rotatable bonds is 2. The fourth-order valence-corrected chi connectivity index (χ4v) is 2.38. The first-order chi connectivity index (χ1) is 8.15. The average Bonchev–Trinajstić information content (AvgIpc) is 2.32. The van der Waals surface area contributed by atoms with Gasteiger partial charge in [-0.1, -0.05) is 6.92 Å². The number of nitrogens with zero attached hydrogens (tertiary/aromatic N) is 3. The van der Waals surface area contributed by atoms with Crippen LogP contribution < -0.4 is 16.0 Å². The highest BCUT2D eigenvalue weighted by Crippen LogP contribution is 2.29. The van der Waals surface area contributed by atoms with Crippen LogP contribution in [0.5, 0.6) is 0 Å². The molecule has 2 rings (SSSR count). The van der Waals surface area contributed by atoms with Crippen molar-refractivity contribution in [2.45, 2.75) is 19.4 Å². The molecule has 0 saturated carbocycles. The third kappa shape index (κ3) is 2.19. The van der Waals surface area contributed by atoms with Crippen molar-refractivity contribution in [3.63, 3.8) is 0 Å². The van der Waals surface area contributed by atoms with E-state index in [1.807, 2.05) is 11.8 Å². The average molecular weight is 300 g/mol. The molecule has 1 fully saturated rings. The number of amides is 1. The Balaban J connectivity index is 2.37. The molecular formula is C10H14BrN5O. The lowest BCUT2D eigenvalue weighted by molar-refractivity contribution is -0.123. The van der Waals surface area contributed by atoms with Crippen LogP contribution in [0.15, 0.2) is 10.8 Å². The van der Waals surface area contributed by atoms with Crippen LogP contribution >= 0.6 is 15.9 Å². The number of anilines is 2. The molecule has 17 heavy (non-hydrogen) atoms. The maximum Gasteiger partial charge on any atom is 0.242 e. The number of halogens is 1. The standard InChI is InChI=1S/C10H14BrN5O/c1-2-6-10(17)13-3-4-16(6)9-7(11)8(12)14-5-15-9/h5-6H,2-4H2,1H3,(H,13,17)(H2,12,14,15). The van der Waals surface area contributed by atoms with Crippen LogP contribution in [0.25, 0.3) is 0 Å². The van der Waals surface area contributed by atoms with Gasteiger partial charge in [-0.3, -0.25) is 4.79 Å². The van der Waals surface area contributed by atoms with Gasteiger partial charge in [0.15, 0.2) is 0 Å². The number of aromatic nitrogens is 2. The third-order valence-corrected chi connectivity index (χ3v) is 3.55. The zero-order valence-corrected chi connectivity index (χ0v) is 11.1. The highest BCUT2D eigenvalue weighted by molar-refractivity contribution is 9.10. The molecule has 0 aromatic carbocycles. The zero-order chi connectivity index (χ0) is 12.4. The summed E-state index contributed by atoms with van der Waals surface area (Å²) in [5, 5.41) is 2.85. The minimum absolute atomic E-state index is 0.0304. The number of piperazine rings is 1. The second-order valence-electron chi connectivity index (χ2n) is 3.80. The Kier molecular flexibility index (Phi) is 3.46. The number of carbonyl (C=O) groups is 1. The van der Waals surface area contributed by atoms with E-state index in [1.54, 1.807) is 0 Å². The van der Waals surface area contributed by atoms with Gasteiger partial charge in [0.25, 0.3) is 0 Å². The van der Waals surface area contributed by atoms with Gasteiger partial charge in [-0.15, -0.1) is 0 Å². The Morgan fingerprint density at radius 3 is 3.12 bits per heavy atom. The summed E-state index contributed by atoms with van der Waals surface area (Å²) in [6.45, 7) is 3.31. The van der Waals surface area contributed by atoms with Crippen LogP contribution in [0, 0.1) is 0 Å². The van der Waals surface area contributed by atoms with E-state index in [1.165, 1.54) is 6.33 Å². The molecule has 92 valence electrons. The van der Waals surface area contributed by atoms with E-state index in [9.17, 15) is 4.79 Å². The van der Waals surface area contributed by atoms with Crippen molar-refractivity contribution in [2.24, 2.45) is 0 Å². The molecule has 2 heterocycles. The zero-order valence-electron chi connectivity index (χ0n) is 9.48. The van der Waals surface area contributed by atoms with Crippen molar-refractivity contribution in [2.75, 3.05) is 23.7 Å². The van der Waals surface area contributed by atoms with Crippen LogP contribution in [0.3, 0.4) is 0 Å².